The van der Waals surface area contributed by atoms with Gasteiger partial charge in [-0.05, 0) is 25.1 Å². The monoisotopic (exact) mass is 291 g/mol. The summed E-state index contributed by atoms with van der Waals surface area (Å²) < 4.78 is 0. The fourth-order valence-corrected chi connectivity index (χ4v) is 1.96. The molecule has 0 fully saturated rings. The van der Waals surface area contributed by atoms with Crippen LogP contribution in [0, 0.1) is 5.41 Å². The molecule has 2 N–H and O–H groups in total. The van der Waals surface area contributed by atoms with Crippen LogP contribution in [0.5, 0.6) is 0 Å². The summed E-state index contributed by atoms with van der Waals surface area (Å²) in [6, 6.07) is 9.57. The first-order chi connectivity index (χ1) is 9.71. The second-order valence-corrected chi connectivity index (χ2v) is 6.89. The Morgan fingerprint density at radius 1 is 1.14 bits per heavy atom. The Hall–Kier alpha value is -1.39. The lowest BCUT2D eigenvalue weighted by atomic mass is 9.86. The van der Waals surface area contributed by atoms with Gasteiger partial charge in [0.15, 0.2) is 0 Å². The molecule has 0 aromatic heterocycles. The van der Waals surface area contributed by atoms with E-state index in [9.17, 15) is 4.79 Å². The number of benzene rings is 1. The number of nitrogens with two attached hydrogens (primary N) is 1. The summed E-state index contributed by atoms with van der Waals surface area (Å²) in [6.45, 7) is 8.13. The first-order valence-corrected chi connectivity index (χ1v) is 7.45. The maximum Gasteiger partial charge on any atom is 0.240 e. The average Bonchev–Trinajstić information content (AvgIpc) is 2.41. The Morgan fingerprint density at radius 3 is 2.19 bits per heavy atom. The normalized spacial score (nSPS) is 13.3. The molecule has 0 aliphatic carbocycles. The van der Waals surface area contributed by atoms with E-state index in [1.807, 2.05) is 70.1 Å². The van der Waals surface area contributed by atoms with Crippen molar-refractivity contribution >= 4 is 5.91 Å². The fraction of sp³-hybridized carbons (Fsp3) is 0.588. The van der Waals surface area contributed by atoms with Gasteiger partial charge in [-0.15, -0.1) is 0 Å². The third kappa shape index (κ3) is 5.86. The van der Waals surface area contributed by atoms with E-state index >= 15 is 0 Å². The number of nitrogens with zero attached hydrogens (tertiary/aromatic N) is 2. The second kappa shape index (κ2) is 7.57. The largest absolute Gasteiger partial charge is 0.336 e. The lowest BCUT2D eigenvalue weighted by molar-refractivity contribution is -0.135. The molecule has 0 heterocycles. The summed E-state index contributed by atoms with van der Waals surface area (Å²) in [6.07, 6.45) is 0. The SMILES string of the molecule is CN(C)CCN(Cc1ccccc1)C(=O)[C@H](N)C(C)(C)C. The Labute approximate surface area is 128 Å². The minimum atomic E-state index is -0.483. The summed E-state index contributed by atoms with van der Waals surface area (Å²) in [4.78, 5) is 16.6. The first-order valence-electron chi connectivity index (χ1n) is 7.45. The summed E-state index contributed by atoms with van der Waals surface area (Å²) in [7, 11) is 4.02. The van der Waals surface area contributed by atoms with Crippen LogP contribution in [0.25, 0.3) is 0 Å². The van der Waals surface area contributed by atoms with Crippen molar-refractivity contribution in [3.8, 4) is 0 Å². The van der Waals surface area contributed by atoms with Crippen LogP contribution in [-0.4, -0.2) is 48.9 Å². The molecule has 4 heteroatoms. The van der Waals surface area contributed by atoms with E-state index in [0.29, 0.717) is 13.1 Å². The van der Waals surface area contributed by atoms with E-state index in [2.05, 4.69) is 4.90 Å². The molecule has 0 spiro atoms. The summed E-state index contributed by atoms with van der Waals surface area (Å²) in [5.74, 6) is 0.0215. The van der Waals surface area contributed by atoms with Gasteiger partial charge in [-0.3, -0.25) is 4.79 Å². The second-order valence-electron chi connectivity index (χ2n) is 6.89. The van der Waals surface area contributed by atoms with Gasteiger partial charge in [0.25, 0.3) is 0 Å². The van der Waals surface area contributed by atoms with Gasteiger partial charge in [0.1, 0.15) is 0 Å². The molecule has 0 saturated carbocycles. The van der Waals surface area contributed by atoms with Crippen LogP contribution in [0.1, 0.15) is 26.3 Å². The Bertz CT molecular complexity index is 437. The summed E-state index contributed by atoms with van der Waals surface area (Å²) in [5.41, 5.74) is 7.05. The van der Waals surface area contributed by atoms with Crippen molar-refractivity contribution in [1.82, 2.24) is 9.80 Å². The van der Waals surface area contributed by atoms with Crippen molar-refractivity contribution in [3.05, 3.63) is 35.9 Å². The van der Waals surface area contributed by atoms with Gasteiger partial charge < -0.3 is 15.5 Å². The molecule has 21 heavy (non-hydrogen) atoms. The topological polar surface area (TPSA) is 49.6 Å². The van der Waals surface area contributed by atoms with Crippen molar-refractivity contribution < 1.29 is 4.79 Å². The highest BCUT2D eigenvalue weighted by atomic mass is 16.2. The van der Waals surface area contributed by atoms with Gasteiger partial charge in [0, 0.05) is 19.6 Å². The molecule has 1 aromatic carbocycles. The number of likely N-dealkylation sites (N-methyl/N-ethyl adjacent to an activating group) is 1. The Morgan fingerprint density at radius 2 is 1.71 bits per heavy atom. The quantitative estimate of drug-likeness (QED) is 0.871. The molecule has 0 aliphatic rings. The van der Waals surface area contributed by atoms with Crippen molar-refractivity contribution in [3.63, 3.8) is 0 Å². The molecule has 0 aliphatic heterocycles. The van der Waals surface area contributed by atoms with E-state index in [0.717, 1.165) is 12.1 Å². The maximum absolute atomic E-state index is 12.7. The van der Waals surface area contributed by atoms with Crippen LogP contribution in [0.2, 0.25) is 0 Å². The maximum atomic E-state index is 12.7. The van der Waals surface area contributed by atoms with Crippen molar-refractivity contribution in [2.45, 2.75) is 33.4 Å². The Balaban J connectivity index is 2.83. The molecule has 0 saturated heterocycles. The number of amides is 1. The van der Waals surface area contributed by atoms with Crippen LogP contribution >= 0.6 is 0 Å². The van der Waals surface area contributed by atoms with Crippen LogP contribution in [0.15, 0.2) is 30.3 Å². The molecule has 1 atom stereocenters. The van der Waals surface area contributed by atoms with Crippen LogP contribution in [-0.2, 0) is 11.3 Å². The highest BCUT2D eigenvalue weighted by Gasteiger charge is 2.31. The van der Waals surface area contributed by atoms with Gasteiger partial charge in [-0.2, -0.15) is 0 Å². The van der Waals surface area contributed by atoms with Gasteiger partial charge >= 0.3 is 0 Å². The minimum absolute atomic E-state index is 0.0215. The first kappa shape index (κ1) is 17.7. The molecule has 0 bridgehead atoms. The zero-order valence-electron chi connectivity index (χ0n) is 14.0. The lowest BCUT2D eigenvalue weighted by Gasteiger charge is -2.32. The molecule has 1 amide bonds. The smallest absolute Gasteiger partial charge is 0.240 e. The van der Waals surface area contributed by atoms with Crippen LogP contribution in [0.4, 0.5) is 0 Å². The molecule has 1 aromatic rings. The van der Waals surface area contributed by atoms with Crippen molar-refractivity contribution in [2.75, 3.05) is 27.2 Å². The third-order valence-corrected chi connectivity index (χ3v) is 3.54. The van der Waals surface area contributed by atoms with Gasteiger partial charge in [0.2, 0.25) is 5.91 Å². The van der Waals surface area contributed by atoms with Crippen LogP contribution < -0.4 is 5.73 Å². The standard InChI is InChI=1S/C17H29N3O/c1-17(2,3)15(18)16(21)20(12-11-19(4)5)13-14-9-7-6-8-10-14/h6-10,15H,11-13,18H2,1-5H3/t15-/m0/s1. The molecule has 4 nitrogen and oxygen atoms in total. The molecule has 0 radical (unpaired) electrons. The average molecular weight is 291 g/mol. The minimum Gasteiger partial charge on any atom is -0.336 e. The number of carbonyl (C=O) groups excluding carboxylic acids is 1. The van der Waals surface area contributed by atoms with Crippen molar-refractivity contribution in [2.24, 2.45) is 11.1 Å². The third-order valence-electron chi connectivity index (χ3n) is 3.54. The van der Waals surface area contributed by atoms with E-state index in [4.69, 9.17) is 5.73 Å². The number of rotatable bonds is 6. The number of hydrogen-bond acceptors (Lipinski definition) is 3. The zero-order chi connectivity index (χ0) is 16.0. The fourth-order valence-electron chi connectivity index (χ4n) is 1.96. The summed E-state index contributed by atoms with van der Waals surface area (Å²) >= 11 is 0. The van der Waals surface area contributed by atoms with Gasteiger partial charge in [-0.1, -0.05) is 51.1 Å². The highest BCUT2D eigenvalue weighted by Crippen LogP contribution is 2.20. The van der Waals surface area contributed by atoms with E-state index in [-0.39, 0.29) is 11.3 Å². The van der Waals surface area contributed by atoms with Crippen molar-refractivity contribution in [1.29, 1.82) is 0 Å². The molecule has 1 rings (SSSR count). The predicted molar refractivity (Wildman–Crippen MR) is 87.8 cm³/mol. The molecular weight excluding hydrogens is 262 g/mol. The summed E-state index contributed by atoms with van der Waals surface area (Å²) in [5, 5.41) is 0. The van der Waals surface area contributed by atoms with E-state index in [1.165, 1.54) is 0 Å². The Kier molecular flexibility index (Phi) is 6.37. The number of carbonyl (C=O) groups is 1. The predicted octanol–water partition coefficient (Wildman–Crippen LogP) is 1.95. The van der Waals surface area contributed by atoms with E-state index < -0.39 is 6.04 Å². The van der Waals surface area contributed by atoms with Gasteiger partial charge in [-0.25, -0.2) is 0 Å². The van der Waals surface area contributed by atoms with Crippen LogP contribution in [0.3, 0.4) is 0 Å². The van der Waals surface area contributed by atoms with E-state index in [1.54, 1.807) is 0 Å². The highest BCUT2D eigenvalue weighted by molar-refractivity contribution is 5.82. The van der Waals surface area contributed by atoms with Gasteiger partial charge in [0.05, 0.1) is 6.04 Å². The molecular formula is C17H29N3O. The zero-order valence-corrected chi connectivity index (χ0v) is 14.0. The number of hydrogen-bond donors (Lipinski definition) is 1. The lowest BCUT2D eigenvalue weighted by Crippen LogP contribution is -2.51. The molecule has 0 unspecified atom stereocenters. The molecule has 118 valence electrons.